The highest BCUT2D eigenvalue weighted by Crippen LogP contribution is 2.31. The lowest BCUT2D eigenvalue weighted by Crippen LogP contribution is -2.45. The molecular formula is C20H29N3O2. The number of likely N-dealkylation sites (tertiary alicyclic amines) is 1. The Bertz CT molecular complexity index is 699. The van der Waals surface area contributed by atoms with Gasteiger partial charge in [0.1, 0.15) is 5.82 Å². The summed E-state index contributed by atoms with van der Waals surface area (Å²) in [5, 5.41) is 9.28. The molecule has 2 aromatic rings. The molecular weight excluding hydrogens is 314 g/mol. The number of rotatable bonds is 5. The summed E-state index contributed by atoms with van der Waals surface area (Å²) < 4.78 is 0. The number of carboxylic acid groups (broad SMARTS) is 1. The van der Waals surface area contributed by atoms with E-state index in [0.29, 0.717) is 5.92 Å². The van der Waals surface area contributed by atoms with Crippen LogP contribution in [0, 0.1) is 17.3 Å². The smallest absolute Gasteiger partial charge is 0.303 e. The van der Waals surface area contributed by atoms with E-state index in [4.69, 9.17) is 4.98 Å². The summed E-state index contributed by atoms with van der Waals surface area (Å²) in [5.41, 5.74) is 2.29. The molecule has 0 radical (unpaired) electrons. The monoisotopic (exact) mass is 343 g/mol. The fraction of sp³-hybridized carbons (Fsp3) is 0.600. The number of aromatic nitrogens is 2. The van der Waals surface area contributed by atoms with Gasteiger partial charge in [0.2, 0.25) is 0 Å². The second kappa shape index (κ2) is 7.16. The number of aliphatic carboxylic acids is 1. The van der Waals surface area contributed by atoms with Crippen molar-refractivity contribution in [2.24, 2.45) is 17.3 Å². The summed E-state index contributed by atoms with van der Waals surface area (Å²) in [6.45, 7) is 9.75. The maximum atomic E-state index is 11.3. The number of benzene rings is 1. The zero-order valence-corrected chi connectivity index (χ0v) is 15.5. The first-order valence-electron chi connectivity index (χ1n) is 9.18. The molecule has 2 heterocycles. The Kier molecular flexibility index (Phi) is 5.13. The molecule has 0 amide bonds. The standard InChI is InChI=1S/C20H29N3O2/c1-20(2,3)13-23-9-8-14(11-19(24)25)15(12-23)10-18-21-16-6-4-5-7-17(16)22-18/h4-7,14-15H,8-13H2,1-3H3,(H,21,22)(H,24,25)/t14-,15-/m0/s1. The van der Waals surface area contributed by atoms with Crippen LogP contribution in [0.4, 0.5) is 0 Å². The van der Waals surface area contributed by atoms with E-state index in [1.807, 2.05) is 24.3 Å². The van der Waals surface area contributed by atoms with Crippen molar-refractivity contribution in [1.29, 1.82) is 0 Å². The zero-order valence-electron chi connectivity index (χ0n) is 15.5. The second-order valence-corrected chi connectivity index (χ2v) is 8.61. The van der Waals surface area contributed by atoms with Crippen molar-refractivity contribution in [2.45, 2.75) is 40.0 Å². The quantitative estimate of drug-likeness (QED) is 0.871. The molecule has 0 saturated carbocycles. The van der Waals surface area contributed by atoms with Gasteiger partial charge in [-0.05, 0) is 42.3 Å². The first-order chi connectivity index (χ1) is 11.8. The van der Waals surface area contributed by atoms with Crippen molar-refractivity contribution in [3.8, 4) is 0 Å². The number of fused-ring (bicyclic) bond motifs is 1. The number of nitrogens with zero attached hydrogens (tertiary/aromatic N) is 2. The molecule has 3 rings (SSSR count). The molecule has 1 aliphatic heterocycles. The minimum absolute atomic E-state index is 0.224. The van der Waals surface area contributed by atoms with E-state index in [-0.39, 0.29) is 17.8 Å². The van der Waals surface area contributed by atoms with E-state index in [1.165, 1.54) is 0 Å². The summed E-state index contributed by atoms with van der Waals surface area (Å²) in [7, 11) is 0. The van der Waals surface area contributed by atoms with Gasteiger partial charge in [0.15, 0.2) is 0 Å². The molecule has 5 nitrogen and oxygen atoms in total. The van der Waals surface area contributed by atoms with Crippen LogP contribution >= 0.6 is 0 Å². The number of aromatic amines is 1. The molecule has 5 heteroatoms. The number of imidazole rings is 1. The van der Waals surface area contributed by atoms with Gasteiger partial charge in [-0.1, -0.05) is 32.9 Å². The summed E-state index contributed by atoms with van der Waals surface area (Å²) in [4.78, 5) is 21.9. The van der Waals surface area contributed by atoms with Crippen LogP contribution < -0.4 is 0 Å². The minimum atomic E-state index is -0.691. The van der Waals surface area contributed by atoms with E-state index in [1.54, 1.807) is 0 Å². The van der Waals surface area contributed by atoms with Gasteiger partial charge in [0, 0.05) is 25.9 Å². The molecule has 1 aromatic heterocycles. The third kappa shape index (κ3) is 4.82. The molecule has 0 unspecified atom stereocenters. The molecule has 0 bridgehead atoms. The van der Waals surface area contributed by atoms with Crippen molar-refractivity contribution < 1.29 is 9.90 Å². The Morgan fingerprint density at radius 1 is 1.32 bits per heavy atom. The number of para-hydroxylation sites is 2. The highest BCUT2D eigenvalue weighted by molar-refractivity contribution is 5.74. The molecule has 136 valence electrons. The fourth-order valence-electron chi connectivity index (χ4n) is 4.05. The third-order valence-electron chi connectivity index (χ3n) is 5.00. The highest BCUT2D eigenvalue weighted by Gasteiger charge is 2.32. The summed E-state index contributed by atoms with van der Waals surface area (Å²) in [6.07, 6.45) is 2.02. The van der Waals surface area contributed by atoms with Crippen LogP contribution in [0.2, 0.25) is 0 Å². The molecule has 1 aliphatic rings. The average Bonchev–Trinajstić information content (AvgIpc) is 2.90. The van der Waals surface area contributed by atoms with Crippen LogP contribution in [-0.2, 0) is 11.2 Å². The van der Waals surface area contributed by atoms with Gasteiger partial charge in [-0.25, -0.2) is 4.98 Å². The summed E-state index contributed by atoms with van der Waals surface area (Å²) in [5.74, 6) is 0.831. The second-order valence-electron chi connectivity index (χ2n) is 8.61. The number of piperidine rings is 1. The van der Waals surface area contributed by atoms with Gasteiger partial charge < -0.3 is 15.0 Å². The van der Waals surface area contributed by atoms with Crippen LogP contribution in [-0.4, -0.2) is 45.6 Å². The molecule has 1 aromatic carbocycles. The summed E-state index contributed by atoms with van der Waals surface area (Å²) in [6, 6.07) is 8.04. The average molecular weight is 343 g/mol. The van der Waals surface area contributed by atoms with E-state index in [0.717, 1.165) is 49.3 Å². The normalized spacial score (nSPS) is 22.4. The van der Waals surface area contributed by atoms with Crippen molar-refractivity contribution in [1.82, 2.24) is 14.9 Å². The van der Waals surface area contributed by atoms with Gasteiger partial charge in [-0.2, -0.15) is 0 Å². The number of carboxylic acids is 1. The first kappa shape index (κ1) is 17.9. The Hall–Kier alpha value is -1.88. The maximum absolute atomic E-state index is 11.3. The lowest BCUT2D eigenvalue weighted by Gasteiger charge is -2.40. The molecule has 0 aliphatic carbocycles. The van der Waals surface area contributed by atoms with Crippen LogP contribution in [0.3, 0.4) is 0 Å². The van der Waals surface area contributed by atoms with Gasteiger partial charge in [0.05, 0.1) is 11.0 Å². The predicted octanol–water partition coefficient (Wildman–Crippen LogP) is 3.56. The molecule has 1 saturated heterocycles. The number of hydrogen-bond acceptors (Lipinski definition) is 3. The van der Waals surface area contributed by atoms with Gasteiger partial charge >= 0.3 is 5.97 Å². The lowest BCUT2D eigenvalue weighted by atomic mass is 9.80. The van der Waals surface area contributed by atoms with Gasteiger partial charge in [-0.3, -0.25) is 4.79 Å². The Labute approximate surface area is 149 Å². The fourth-order valence-corrected chi connectivity index (χ4v) is 4.05. The number of hydrogen-bond donors (Lipinski definition) is 2. The van der Waals surface area contributed by atoms with Crippen LogP contribution in [0.5, 0.6) is 0 Å². The van der Waals surface area contributed by atoms with Crippen molar-refractivity contribution in [3.05, 3.63) is 30.1 Å². The molecule has 2 atom stereocenters. The van der Waals surface area contributed by atoms with Crippen molar-refractivity contribution in [3.63, 3.8) is 0 Å². The van der Waals surface area contributed by atoms with Gasteiger partial charge in [0.25, 0.3) is 0 Å². The molecule has 1 fully saturated rings. The van der Waals surface area contributed by atoms with Crippen molar-refractivity contribution >= 4 is 17.0 Å². The van der Waals surface area contributed by atoms with E-state index < -0.39 is 5.97 Å². The summed E-state index contributed by atoms with van der Waals surface area (Å²) >= 11 is 0. The molecule has 0 spiro atoms. The van der Waals surface area contributed by atoms with Gasteiger partial charge in [-0.15, -0.1) is 0 Å². The van der Waals surface area contributed by atoms with Crippen LogP contribution in [0.25, 0.3) is 11.0 Å². The largest absolute Gasteiger partial charge is 0.481 e. The Balaban J connectivity index is 1.75. The highest BCUT2D eigenvalue weighted by atomic mass is 16.4. The zero-order chi connectivity index (χ0) is 18.0. The lowest BCUT2D eigenvalue weighted by molar-refractivity contribution is -0.139. The predicted molar refractivity (Wildman–Crippen MR) is 99.5 cm³/mol. The Morgan fingerprint density at radius 3 is 2.76 bits per heavy atom. The van der Waals surface area contributed by atoms with Crippen LogP contribution in [0.1, 0.15) is 39.4 Å². The van der Waals surface area contributed by atoms with Crippen molar-refractivity contribution in [2.75, 3.05) is 19.6 Å². The number of H-pyrrole nitrogens is 1. The molecule has 2 N–H and O–H groups in total. The van der Waals surface area contributed by atoms with Crippen LogP contribution in [0.15, 0.2) is 24.3 Å². The first-order valence-corrected chi connectivity index (χ1v) is 9.18. The van der Waals surface area contributed by atoms with E-state index in [2.05, 4.69) is 30.7 Å². The third-order valence-corrected chi connectivity index (χ3v) is 5.00. The number of nitrogens with one attached hydrogen (secondary N) is 1. The molecule has 25 heavy (non-hydrogen) atoms. The SMILES string of the molecule is CC(C)(C)CN1CC[C@@H](CC(=O)O)[C@@H](Cc2nc3ccccc3[nH]2)C1. The van der Waals surface area contributed by atoms with E-state index >= 15 is 0 Å². The number of carbonyl (C=O) groups is 1. The van der Waals surface area contributed by atoms with E-state index in [9.17, 15) is 9.90 Å². The topological polar surface area (TPSA) is 69.2 Å². The Morgan fingerprint density at radius 2 is 2.08 bits per heavy atom. The maximum Gasteiger partial charge on any atom is 0.303 e. The minimum Gasteiger partial charge on any atom is -0.481 e.